The SMILES string of the molecule is COC1COCCC[SiH2]O1. The fraction of sp³-hybridized carbons (Fsp3) is 1.00. The molecule has 1 atom stereocenters. The van der Waals surface area contributed by atoms with Crippen LogP contribution in [0.2, 0.25) is 6.04 Å². The molecule has 0 amide bonds. The normalized spacial score (nSPS) is 31.5. The molecule has 0 bridgehead atoms. The fourth-order valence-corrected chi connectivity index (χ4v) is 1.95. The Balaban J connectivity index is 2.16. The van der Waals surface area contributed by atoms with Crippen LogP contribution < -0.4 is 0 Å². The molecule has 0 aromatic heterocycles. The van der Waals surface area contributed by atoms with Crippen molar-refractivity contribution < 1.29 is 13.9 Å². The molecule has 0 spiro atoms. The van der Waals surface area contributed by atoms with Crippen LogP contribution in [0.25, 0.3) is 0 Å². The van der Waals surface area contributed by atoms with Crippen molar-refractivity contribution in [2.75, 3.05) is 20.3 Å². The van der Waals surface area contributed by atoms with Crippen LogP contribution >= 0.6 is 0 Å². The highest BCUT2D eigenvalue weighted by Gasteiger charge is 2.09. The highest BCUT2D eigenvalue weighted by molar-refractivity contribution is 6.27. The molecule has 1 aliphatic heterocycles. The van der Waals surface area contributed by atoms with Crippen molar-refractivity contribution in [3.63, 3.8) is 0 Å². The summed E-state index contributed by atoms with van der Waals surface area (Å²) in [6.07, 6.45) is 1.06. The van der Waals surface area contributed by atoms with E-state index < -0.39 is 0 Å². The lowest BCUT2D eigenvalue weighted by Crippen LogP contribution is -2.26. The van der Waals surface area contributed by atoms with Crippen molar-refractivity contribution in [2.24, 2.45) is 0 Å². The lowest BCUT2D eigenvalue weighted by atomic mass is 10.5. The first-order valence-electron chi connectivity index (χ1n) is 3.65. The molecule has 0 radical (unpaired) electrons. The summed E-state index contributed by atoms with van der Waals surface area (Å²) in [5.74, 6) is 0. The standard InChI is InChI=1S/C6H14O3Si/c1-7-6-5-8-3-2-4-10-9-6/h6H,2-5,10H2,1H3. The van der Waals surface area contributed by atoms with E-state index in [1.807, 2.05) is 0 Å². The summed E-state index contributed by atoms with van der Waals surface area (Å²) in [7, 11) is 1.34. The topological polar surface area (TPSA) is 27.7 Å². The van der Waals surface area contributed by atoms with Crippen molar-refractivity contribution in [1.29, 1.82) is 0 Å². The van der Waals surface area contributed by atoms with Gasteiger partial charge in [-0.2, -0.15) is 0 Å². The van der Waals surface area contributed by atoms with Gasteiger partial charge in [0.25, 0.3) is 0 Å². The van der Waals surface area contributed by atoms with Gasteiger partial charge in [0.05, 0.1) is 6.61 Å². The van der Waals surface area contributed by atoms with E-state index in [-0.39, 0.29) is 16.1 Å². The van der Waals surface area contributed by atoms with Crippen LogP contribution in [0, 0.1) is 0 Å². The van der Waals surface area contributed by atoms with Crippen LogP contribution in [0.15, 0.2) is 0 Å². The van der Waals surface area contributed by atoms with Crippen LogP contribution in [0.5, 0.6) is 0 Å². The van der Waals surface area contributed by atoms with Gasteiger partial charge in [0.15, 0.2) is 16.1 Å². The maximum Gasteiger partial charge on any atom is 0.170 e. The van der Waals surface area contributed by atoms with Crippen molar-refractivity contribution in [1.82, 2.24) is 0 Å². The van der Waals surface area contributed by atoms with E-state index in [0.29, 0.717) is 6.61 Å². The average molecular weight is 162 g/mol. The van der Waals surface area contributed by atoms with Gasteiger partial charge in [0.2, 0.25) is 0 Å². The molecule has 1 fully saturated rings. The molecule has 1 saturated heterocycles. The molecule has 60 valence electrons. The summed E-state index contributed by atoms with van der Waals surface area (Å²) >= 11 is 0. The molecule has 3 nitrogen and oxygen atoms in total. The molecule has 1 aliphatic rings. The largest absolute Gasteiger partial charge is 0.398 e. The molecule has 0 aromatic carbocycles. The lowest BCUT2D eigenvalue weighted by Gasteiger charge is -2.19. The third-order valence-electron chi connectivity index (χ3n) is 1.50. The molecule has 0 N–H and O–H groups in total. The minimum Gasteiger partial charge on any atom is -0.398 e. The maximum absolute atomic E-state index is 5.42. The monoisotopic (exact) mass is 162 g/mol. The molecule has 0 aliphatic carbocycles. The summed E-state index contributed by atoms with van der Waals surface area (Å²) < 4.78 is 15.7. The number of methoxy groups -OCH3 is 1. The van der Waals surface area contributed by atoms with Crippen LogP contribution in [0.4, 0.5) is 0 Å². The highest BCUT2D eigenvalue weighted by Crippen LogP contribution is 2.01. The van der Waals surface area contributed by atoms with Gasteiger partial charge < -0.3 is 13.9 Å². The minimum atomic E-state index is -0.312. The molecule has 4 heteroatoms. The van der Waals surface area contributed by atoms with Crippen LogP contribution in [0.1, 0.15) is 6.42 Å². The van der Waals surface area contributed by atoms with Gasteiger partial charge in [0, 0.05) is 13.7 Å². The zero-order valence-electron chi connectivity index (χ0n) is 6.34. The lowest BCUT2D eigenvalue weighted by molar-refractivity contribution is -0.105. The van der Waals surface area contributed by atoms with E-state index in [4.69, 9.17) is 13.9 Å². The molecular weight excluding hydrogens is 148 g/mol. The Morgan fingerprint density at radius 3 is 3.30 bits per heavy atom. The Hall–Kier alpha value is 0.0969. The highest BCUT2D eigenvalue weighted by atomic mass is 28.2. The van der Waals surface area contributed by atoms with Gasteiger partial charge in [-0.05, 0) is 12.5 Å². The second kappa shape index (κ2) is 4.84. The number of hydrogen-bond acceptors (Lipinski definition) is 3. The molecule has 1 rings (SSSR count). The van der Waals surface area contributed by atoms with E-state index in [1.54, 1.807) is 7.11 Å². The number of ether oxygens (including phenoxy) is 2. The molecule has 0 aromatic rings. The van der Waals surface area contributed by atoms with Gasteiger partial charge in [-0.25, -0.2) is 0 Å². The summed E-state index contributed by atoms with van der Waals surface area (Å²) in [5.41, 5.74) is 0. The van der Waals surface area contributed by atoms with Gasteiger partial charge >= 0.3 is 0 Å². The molecule has 0 saturated carbocycles. The Morgan fingerprint density at radius 1 is 1.60 bits per heavy atom. The van der Waals surface area contributed by atoms with Gasteiger partial charge in [0.1, 0.15) is 0 Å². The zero-order chi connectivity index (χ0) is 7.23. The van der Waals surface area contributed by atoms with Crippen molar-refractivity contribution in [3.05, 3.63) is 0 Å². The summed E-state index contributed by atoms with van der Waals surface area (Å²) in [6, 6.07) is 1.21. The third-order valence-corrected chi connectivity index (χ3v) is 2.90. The summed E-state index contributed by atoms with van der Waals surface area (Å²) in [6.45, 7) is 1.47. The molecular formula is C6H14O3Si. The van der Waals surface area contributed by atoms with Gasteiger partial charge in [-0.1, -0.05) is 0 Å². The van der Waals surface area contributed by atoms with E-state index in [9.17, 15) is 0 Å². The minimum absolute atomic E-state index is 0.0908. The van der Waals surface area contributed by atoms with Gasteiger partial charge in [-0.3, -0.25) is 0 Å². The summed E-state index contributed by atoms with van der Waals surface area (Å²) in [5, 5.41) is 0. The van der Waals surface area contributed by atoms with Crippen molar-refractivity contribution in [2.45, 2.75) is 18.8 Å². The number of rotatable bonds is 1. The predicted octanol–water partition coefficient (Wildman–Crippen LogP) is -0.102. The molecule has 1 heterocycles. The van der Waals surface area contributed by atoms with Gasteiger partial charge in [-0.15, -0.1) is 0 Å². The van der Waals surface area contributed by atoms with Crippen LogP contribution in [-0.4, -0.2) is 36.4 Å². The van der Waals surface area contributed by atoms with E-state index in [2.05, 4.69) is 0 Å². The van der Waals surface area contributed by atoms with E-state index >= 15 is 0 Å². The van der Waals surface area contributed by atoms with Crippen LogP contribution in [-0.2, 0) is 13.9 Å². The van der Waals surface area contributed by atoms with E-state index in [1.165, 1.54) is 6.04 Å². The van der Waals surface area contributed by atoms with Crippen molar-refractivity contribution in [3.8, 4) is 0 Å². The maximum atomic E-state index is 5.42. The average Bonchev–Trinajstić information content (AvgIpc) is 1.87. The Kier molecular flexibility index (Phi) is 3.97. The van der Waals surface area contributed by atoms with Crippen LogP contribution in [0.3, 0.4) is 0 Å². The predicted molar refractivity (Wildman–Crippen MR) is 40.7 cm³/mol. The Labute approximate surface area is 63.6 Å². The third kappa shape index (κ3) is 2.79. The fourth-order valence-electron chi connectivity index (χ4n) is 0.885. The first kappa shape index (κ1) is 8.20. The molecule has 10 heavy (non-hydrogen) atoms. The Morgan fingerprint density at radius 2 is 2.50 bits per heavy atom. The second-order valence-electron chi connectivity index (χ2n) is 2.32. The first-order chi connectivity index (χ1) is 4.93. The number of hydrogen-bond donors (Lipinski definition) is 0. The Bertz CT molecular complexity index is 81.1. The quantitative estimate of drug-likeness (QED) is 0.504. The first-order valence-corrected chi connectivity index (χ1v) is 5.23. The zero-order valence-corrected chi connectivity index (χ0v) is 7.75. The van der Waals surface area contributed by atoms with E-state index in [0.717, 1.165) is 13.0 Å². The second-order valence-corrected chi connectivity index (χ2v) is 3.77. The van der Waals surface area contributed by atoms with Crippen molar-refractivity contribution >= 4 is 9.76 Å². The summed E-state index contributed by atoms with van der Waals surface area (Å²) in [4.78, 5) is 0. The molecule has 1 unspecified atom stereocenters. The smallest absolute Gasteiger partial charge is 0.170 e.